The molecule has 0 radical (unpaired) electrons. The molecule has 0 fully saturated rings. The Morgan fingerprint density at radius 2 is 1.88 bits per heavy atom. The molecule has 0 aliphatic heterocycles. The lowest BCUT2D eigenvalue weighted by Crippen LogP contribution is -2.43. The summed E-state index contributed by atoms with van der Waals surface area (Å²) in [5.41, 5.74) is -0.200. The topological polar surface area (TPSA) is 66.4 Å². The first-order chi connectivity index (χ1) is 7.26. The molecule has 16 heavy (non-hydrogen) atoms. The number of rotatable bonds is 7. The van der Waals surface area contributed by atoms with Crippen LogP contribution in [0.15, 0.2) is 0 Å². The molecule has 1 unspecified atom stereocenters. The lowest BCUT2D eigenvalue weighted by atomic mass is 9.97. The zero-order valence-electron chi connectivity index (χ0n) is 10.7. The summed E-state index contributed by atoms with van der Waals surface area (Å²) >= 11 is 0. The van der Waals surface area contributed by atoms with Crippen molar-refractivity contribution in [2.45, 2.75) is 58.9 Å². The Balaban J connectivity index is 4.03. The Labute approximate surface area is 97.4 Å². The molecule has 0 aliphatic rings. The van der Waals surface area contributed by atoms with E-state index in [4.69, 9.17) is 5.11 Å². The third-order valence-electron chi connectivity index (χ3n) is 2.41. The zero-order valence-corrected chi connectivity index (χ0v) is 10.7. The smallest absolute Gasteiger partial charge is 0.303 e. The molecule has 0 spiro atoms. The molecule has 0 rings (SSSR count). The fraction of sp³-hybridized carbons (Fsp3) is 0.833. The van der Waals surface area contributed by atoms with Crippen LogP contribution in [0.25, 0.3) is 0 Å². The van der Waals surface area contributed by atoms with E-state index in [-0.39, 0.29) is 30.2 Å². The van der Waals surface area contributed by atoms with Crippen LogP contribution >= 0.6 is 0 Å². The summed E-state index contributed by atoms with van der Waals surface area (Å²) in [7, 11) is 0. The first-order valence-corrected chi connectivity index (χ1v) is 5.79. The van der Waals surface area contributed by atoms with Gasteiger partial charge >= 0.3 is 5.97 Å². The lowest BCUT2D eigenvalue weighted by Gasteiger charge is -2.26. The van der Waals surface area contributed by atoms with E-state index in [1.807, 2.05) is 13.8 Å². The van der Waals surface area contributed by atoms with Crippen molar-refractivity contribution in [1.82, 2.24) is 5.32 Å². The van der Waals surface area contributed by atoms with Crippen LogP contribution < -0.4 is 5.32 Å². The number of carboxylic acids is 1. The first-order valence-electron chi connectivity index (χ1n) is 5.79. The summed E-state index contributed by atoms with van der Waals surface area (Å²) in [6.45, 7) is 7.81. The number of aliphatic carboxylic acids is 1. The van der Waals surface area contributed by atoms with Crippen LogP contribution in [0.4, 0.5) is 0 Å². The number of hydrogen-bond acceptors (Lipinski definition) is 2. The van der Waals surface area contributed by atoms with E-state index in [2.05, 4.69) is 12.2 Å². The van der Waals surface area contributed by atoms with Crippen LogP contribution in [0, 0.1) is 5.92 Å². The number of amides is 1. The normalized spacial score (nSPS) is 13.2. The van der Waals surface area contributed by atoms with Crippen molar-refractivity contribution in [1.29, 1.82) is 0 Å². The van der Waals surface area contributed by atoms with Crippen molar-refractivity contribution >= 4 is 11.9 Å². The highest BCUT2D eigenvalue weighted by Gasteiger charge is 2.20. The highest BCUT2D eigenvalue weighted by atomic mass is 16.4. The van der Waals surface area contributed by atoms with E-state index in [9.17, 15) is 9.59 Å². The molecule has 4 heteroatoms. The van der Waals surface area contributed by atoms with Gasteiger partial charge in [0.05, 0.1) is 0 Å². The van der Waals surface area contributed by atoms with Gasteiger partial charge in [0.2, 0.25) is 5.91 Å². The van der Waals surface area contributed by atoms with E-state index in [0.29, 0.717) is 0 Å². The highest BCUT2D eigenvalue weighted by molar-refractivity contribution is 5.77. The van der Waals surface area contributed by atoms with Crippen LogP contribution in [0.3, 0.4) is 0 Å². The quantitative estimate of drug-likeness (QED) is 0.703. The molecule has 1 amide bonds. The van der Waals surface area contributed by atoms with Crippen molar-refractivity contribution in [3.63, 3.8) is 0 Å². The second-order valence-electron chi connectivity index (χ2n) is 5.09. The molecule has 0 aromatic heterocycles. The fourth-order valence-corrected chi connectivity index (χ4v) is 1.80. The van der Waals surface area contributed by atoms with Crippen molar-refractivity contribution < 1.29 is 14.7 Å². The summed E-state index contributed by atoms with van der Waals surface area (Å²) in [4.78, 5) is 22.1. The molecule has 2 N–H and O–H groups in total. The van der Waals surface area contributed by atoms with Gasteiger partial charge in [-0.15, -0.1) is 0 Å². The van der Waals surface area contributed by atoms with Gasteiger partial charge in [-0.25, -0.2) is 0 Å². The van der Waals surface area contributed by atoms with E-state index in [1.54, 1.807) is 6.92 Å². The van der Waals surface area contributed by atoms with E-state index < -0.39 is 5.97 Å². The zero-order chi connectivity index (χ0) is 12.8. The largest absolute Gasteiger partial charge is 0.481 e. The van der Waals surface area contributed by atoms with Gasteiger partial charge in [-0.3, -0.25) is 9.59 Å². The van der Waals surface area contributed by atoms with E-state index >= 15 is 0 Å². The number of nitrogens with one attached hydrogen (secondary N) is 1. The standard InChI is InChI=1S/C12H23NO3/c1-5-6-12(3,4)13-10(14)7-9(2)8-11(15)16/h9H,5-8H2,1-4H3,(H,13,14)(H,15,16). The van der Waals surface area contributed by atoms with Gasteiger partial charge in [0, 0.05) is 18.4 Å². The number of carbonyl (C=O) groups is 2. The summed E-state index contributed by atoms with van der Waals surface area (Å²) < 4.78 is 0. The second kappa shape index (κ2) is 6.51. The fourth-order valence-electron chi connectivity index (χ4n) is 1.80. The summed E-state index contributed by atoms with van der Waals surface area (Å²) in [6.07, 6.45) is 2.26. The number of carboxylic acid groups (broad SMARTS) is 1. The predicted molar refractivity (Wildman–Crippen MR) is 63.2 cm³/mol. The van der Waals surface area contributed by atoms with Crippen molar-refractivity contribution in [2.75, 3.05) is 0 Å². The van der Waals surface area contributed by atoms with E-state index in [0.717, 1.165) is 12.8 Å². The Morgan fingerprint density at radius 1 is 1.31 bits per heavy atom. The molecule has 0 saturated heterocycles. The van der Waals surface area contributed by atoms with Gasteiger partial charge in [-0.05, 0) is 26.2 Å². The highest BCUT2D eigenvalue weighted by Crippen LogP contribution is 2.13. The Morgan fingerprint density at radius 3 is 2.31 bits per heavy atom. The third kappa shape index (κ3) is 7.26. The first kappa shape index (κ1) is 14.9. The molecule has 0 aromatic carbocycles. The minimum atomic E-state index is -0.854. The minimum absolute atomic E-state index is 0.0433. The summed E-state index contributed by atoms with van der Waals surface area (Å²) in [5, 5.41) is 11.5. The molecule has 94 valence electrons. The maximum absolute atomic E-state index is 11.6. The molecular formula is C12H23NO3. The molecule has 0 aromatic rings. The number of carbonyl (C=O) groups excluding carboxylic acids is 1. The summed E-state index contributed by atoms with van der Waals surface area (Å²) in [5.74, 6) is -1.03. The maximum Gasteiger partial charge on any atom is 0.303 e. The van der Waals surface area contributed by atoms with Crippen LogP contribution in [0.5, 0.6) is 0 Å². The minimum Gasteiger partial charge on any atom is -0.481 e. The van der Waals surface area contributed by atoms with Crippen molar-refractivity contribution in [2.24, 2.45) is 5.92 Å². The van der Waals surface area contributed by atoms with Gasteiger partial charge < -0.3 is 10.4 Å². The molecule has 4 nitrogen and oxygen atoms in total. The Kier molecular flexibility index (Phi) is 6.08. The Hall–Kier alpha value is -1.06. The van der Waals surface area contributed by atoms with Crippen LogP contribution in [0.2, 0.25) is 0 Å². The maximum atomic E-state index is 11.6. The average molecular weight is 229 g/mol. The molecule has 1 atom stereocenters. The van der Waals surface area contributed by atoms with Crippen LogP contribution in [0.1, 0.15) is 53.4 Å². The predicted octanol–water partition coefficient (Wildman–Crippen LogP) is 2.18. The SMILES string of the molecule is CCCC(C)(C)NC(=O)CC(C)CC(=O)O. The molecular weight excluding hydrogens is 206 g/mol. The van der Waals surface area contributed by atoms with Gasteiger partial charge in [0.1, 0.15) is 0 Å². The monoisotopic (exact) mass is 229 g/mol. The molecule has 0 aliphatic carbocycles. The van der Waals surface area contributed by atoms with Crippen LogP contribution in [-0.4, -0.2) is 22.5 Å². The molecule has 0 bridgehead atoms. The summed E-state index contributed by atoms with van der Waals surface area (Å²) in [6, 6.07) is 0. The second-order valence-corrected chi connectivity index (χ2v) is 5.09. The molecule has 0 saturated carbocycles. The number of hydrogen-bond donors (Lipinski definition) is 2. The lowest BCUT2D eigenvalue weighted by molar-refractivity contribution is -0.138. The van der Waals surface area contributed by atoms with E-state index in [1.165, 1.54) is 0 Å². The van der Waals surface area contributed by atoms with Gasteiger partial charge in [0.15, 0.2) is 0 Å². The van der Waals surface area contributed by atoms with Crippen molar-refractivity contribution in [3.8, 4) is 0 Å². The third-order valence-corrected chi connectivity index (χ3v) is 2.41. The van der Waals surface area contributed by atoms with Crippen molar-refractivity contribution in [3.05, 3.63) is 0 Å². The van der Waals surface area contributed by atoms with Crippen LogP contribution in [-0.2, 0) is 9.59 Å². The average Bonchev–Trinajstić information content (AvgIpc) is 1.98. The van der Waals surface area contributed by atoms with Gasteiger partial charge in [-0.1, -0.05) is 20.3 Å². The Bertz CT molecular complexity index is 249. The van der Waals surface area contributed by atoms with Gasteiger partial charge in [0.25, 0.3) is 0 Å². The molecule has 0 heterocycles. The van der Waals surface area contributed by atoms with Gasteiger partial charge in [-0.2, -0.15) is 0 Å².